The van der Waals surface area contributed by atoms with Gasteiger partial charge in [-0.3, -0.25) is 0 Å². The molecule has 0 aromatic heterocycles. The van der Waals surface area contributed by atoms with Crippen molar-refractivity contribution in [2.75, 3.05) is 0 Å². The fourth-order valence-electron chi connectivity index (χ4n) is 22.2. The van der Waals surface area contributed by atoms with Crippen LogP contribution < -0.4 is 17.2 Å². The SMILES string of the molecule is CC(C)C12CCCC1C2(F)F.CC(C)C1C2CC(C)(F)CC21.CC(C)C1C2CCC(C2)C1N.CC(C)C1CCC(O)CC1.CC(C)C1CCC2C1C2(F)F.CC(C)C1CCCC1C(F)F.CC(C)C1CCCCC1.CC(C)C1CCCCC1N.CC(C)C1Cc2ccccc2C1N. The highest BCUT2D eigenvalue weighted by atomic mass is 19.3. The van der Waals surface area contributed by atoms with E-state index < -0.39 is 29.4 Å². The highest BCUT2D eigenvalue weighted by Gasteiger charge is 2.82. The van der Waals surface area contributed by atoms with Crippen molar-refractivity contribution >= 4 is 0 Å². The van der Waals surface area contributed by atoms with Crippen LogP contribution in [0.1, 0.15) is 316 Å². The second-order valence-electron chi connectivity index (χ2n) is 37.7. The molecule has 7 N–H and O–H groups in total. The second kappa shape index (κ2) is 37.0. The van der Waals surface area contributed by atoms with Crippen LogP contribution in [-0.4, -0.2) is 47.2 Å². The van der Waals surface area contributed by atoms with Crippen LogP contribution in [0.5, 0.6) is 0 Å². The number of aliphatic hydroxyl groups excluding tert-OH is 1. The molecular weight excluding hydrogens is 1220 g/mol. The van der Waals surface area contributed by atoms with E-state index in [-0.39, 0.29) is 47.7 Å². The highest BCUT2D eigenvalue weighted by Crippen LogP contribution is 2.77. The number of benzene rings is 1. The minimum atomic E-state index is -2.32. The van der Waals surface area contributed by atoms with Crippen molar-refractivity contribution in [2.45, 2.75) is 353 Å². The quantitative estimate of drug-likeness (QED) is 0.175. The molecule has 13 aliphatic rings. The molecule has 4 nitrogen and oxygen atoms in total. The van der Waals surface area contributed by atoms with Crippen molar-refractivity contribution in [3.05, 3.63) is 35.4 Å². The van der Waals surface area contributed by atoms with Gasteiger partial charge in [0.2, 0.25) is 6.43 Å². The van der Waals surface area contributed by atoms with Crippen molar-refractivity contribution in [2.24, 2.45) is 171 Å². The largest absolute Gasteiger partial charge is 0.393 e. The van der Waals surface area contributed by atoms with Crippen LogP contribution in [0.3, 0.4) is 0 Å². The molecule has 17 unspecified atom stereocenters. The number of nitrogens with two attached hydrogens (primary N) is 3. The van der Waals surface area contributed by atoms with E-state index in [0.29, 0.717) is 41.7 Å². The molecule has 0 heterocycles. The van der Waals surface area contributed by atoms with Gasteiger partial charge in [0.15, 0.2) is 0 Å². The molecule has 11 heteroatoms. The monoisotopic (exact) mass is 1380 g/mol. The Kier molecular flexibility index (Phi) is 32.2. The van der Waals surface area contributed by atoms with E-state index in [1.54, 1.807) is 6.92 Å². The van der Waals surface area contributed by atoms with Crippen LogP contribution in [0, 0.1) is 153 Å². The van der Waals surface area contributed by atoms with Gasteiger partial charge in [0.25, 0.3) is 11.8 Å². The molecule has 12 saturated carbocycles. The highest BCUT2D eigenvalue weighted by molar-refractivity contribution is 5.35. The van der Waals surface area contributed by atoms with Crippen LogP contribution in [0.2, 0.25) is 0 Å². The zero-order valence-electron chi connectivity index (χ0n) is 65.5. The summed E-state index contributed by atoms with van der Waals surface area (Å²) in [5, 5.41) is 9.21. The Morgan fingerprint density at radius 3 is 1.35 bits per heavy atom. The summed E-state index contributed by atoms with van der Waals surface area (Å²) in [6, 6.07) is 9.86. The Labute approximate surface area is 592 Å². The van der Waals surface area contributed by atoms with Crippen LogP contribution >= 0.6 is 0 Å². The van der Waals surface area contributed by atoms with Crippen molar-refractivity contribution in [3.63, 3.8) is 0 Å². The second-order valence-corrected chi connectivity index (χ2v) is 37.7. The average molecular weight is 1380 g/mol. The lowest BCUT2D eigenvalue weighted by atomic mass is 9.78. The lowest BCUT2D eigenvalue weighted by molar-refractivity contribution is 0.0293. The molecule has 0 amide bonds. The smallest absolute Gasteiger partial charge is 0.257 e. The molecule has 14 rings (SSSR count). The summed E-state index contributed by atoms with van der Waals surface area (Å²) in [5.41, 5.74) is 19.8. The first-order valence-corrected chi connectivity index (χ1v) is 41.1. The normalized spacial score (nSPS) is 38.7. The molecule has 0 radical (unpaired) electrons. The lowest BCUT2D eigenvalue weighted by Gasteiger charge is -2.31. The van der Waals surface area contributed by atoms with E-state index in [0.717, 1.165) is 166 Å². The maximum Gasteiger partial charge on any atom is 0.257 e. The minimum absolute atomic E-state index is 0.00926. The molecule has 1 aromatic rings. The summed E-state index contributed by atoms with van der Waals surface area (Å²) in [6.45, 7) is 41.4. The van der Waals surface area contributed by atoms with Gasteiger partial charge >= 0.3 is 0 Å². The van der Waals surface area contributed by atoms with E-state index in [1.807, 2.05) is 27.7 Å². The van der Waals surface area contributed by atoms with Gasteiger partial charge in [-0.2, -0.15) is 0 Å². The Bertz CT molecular complexity index is 2340. The first-order valence-electron chi connectivity index (χ1n) is 41.1. The predicted octanol–water partition coefficient (Wildman–Crippen LogP) is 24.5. The van der Waals surface area contributed by atoms with Gasteiger partial charge in [0.1, 0.15) is 5.67 Å². The minimum Gasteiger partial charge on any atom is -0.393 e. The van der Waals surface area contributed by atoms with Crippen molar-refractivity contribution < 1.29 is 35.8 Å². The first kappa shape index (κ1) is 84.5. The fraction of sp³-hybridized carbons (Fsp3) is 0.930. The standard InChI is InChI=1S/C12H17N.C10H17F.C10H19N.2C9H14F2.C9H16F2.C9H19N.C9H18O.C9H18/c1-8(2)11-7-9-5-3-4-6-10(9)12(11)13;1-6(2)9-7-4-10(3,11)5-8(7)9;1-6(2)9-7-3-4-8(5-7)10(9)11;1-6(2)8-5-3-4-7(8)9(8,10)11;1-5(2)6-3-4-7-8(6)9(7,10)11;1-6(2)7-4-3-5-8(7)9(10)11;1-7(2)8-5-3-4-6-9(8)10;1-7(2)8-3-5-9(10)6-4-8;1-8(2)9-6-4-3-5-7-9/h3-6,8,11-12H,7,13H2,1-2H3;6-9H,4-5H2,1-3H3;6-10H,3-5,11H2,1-2H3;6-7H,3-5H2,1-2H3;5-8H,3-4H2,1-2H3;6-9H,3-5H2,1-2H3;7-9H,3-6,10H2,1-2H3;7-10H,3-6H2,1-2H3;8-9H,3-7H2,1-2H3. The summed E-state index contributed by atoms with van der Waals surface area (Å²) < 4.78 is 90.0. The summed E-state index contributed by atoms with van der Waals surface area (Å²) in [6.07, 6.45) is 29.5. The van der Waals surface area contributed by atoms with E-state index in [4.69, 9.17) is 17.2 Å². The molecule has 12 fully saturated rings. The molecule has 1 aromatic carbocycles. The van der Waals surface area contributed by atoms with Crippen molar-refractivity contribution in [3.8, 4) is 0 Å². The molecular formula is C86H152F7N3O. The van der Waals surface area contributed by atoms with E-state index in [9.17, 15) is 35.8 Å². The predicted molar refractivity (Wildman–Crippen MR) is 396 cm³/mol. The Hall–Kier alpha value is -1.43. The number of fused-ring (bicyclic) bond motifs is 6. The number of hydrogen-bond donors (Lipinski definition) is 4. The maximum absolute atomic E-state index is 13.3. The summed E-state index contributed by atoms with van der Waals surface area (Å²) in [5.74, 6) is 9.15. The number of alkyl halides is 7. The van der Waals surface area contributed by atoms with Gasteiger partial charge in [0, 0.05) is 47.2 Å². The lowest BCUT2D eigenvalue weighted by Crippen LogP contribution is -2.38. The third-order valence-corrected chi connectivity index (χ3v) is 28.4. The van der Waals surface area contributed by atoms with Crippen molar-refractivity contribution in [1.29, 1.82) is 0 Å². The number of rotatable bonds is 10. The zero-order chi connectivity index (χ0) is 72.4. The van der Waals surface area contributed by atoms with Crippen molar-refractivity contribution in [1.82, 2.24) is 0 Å². The van der Waals surface area contributed by atoms with E-state index >= 15 is 0 Å². The van der Waals surface area contributed by atoms with Gasteiger partial charge in [-0.1, -0.05) is 207 Å². The topological polar surface area (TPSA) is 98.3 Å². The number of halogens is 7. The fourth-order valence-corrected chi connectivity index (χ4v) is 22.2. The third-order valence-electron chi connectivity index (χ3n) is 28.4. The molecule has 13 aliphatic carbocycles. The van der Waals surface area contributed by atoms with Crippen LogP contribution in [-0.2, 0) is 6.42 Å². The average Bonchev–Trinajstić information content (AvgIpc) is 1.50. The zero-order valence-corrected chi connectivity index (χ0v) is 65.5. The summed E-state index contributed by atoms with van der Waals surface area (Å²) in [4.78, 5) is 0. The molecule has 0 saturated heterocycles. The Morgan fingerprint density at radius 2 is 0.969 bits per heavy atom. The molecule has 0 spiro atoms. The Morgan fingerprint density at radius 1 is 0.464 bits per heavy atom. The molecule has 566 valence electrons. The first-order chi connectivity index (χ1) is 45.3. The number of aliphatic hydroxyl groups is 1. The van der Waals surface area contributed by atoms with Gasteiger partial charge in [0.05, 0.1) is 6.10 Å². The summed E-state index contributed by atoms with van der Waals surface area (Å²) >= 11 is 0. The number of hydrogen-bond acceptors (Lipinski definition) is 4. The molecule has 0 aliphatic heterocycles. The molecule has 2 bridgehead atoms. The van der Waals surface area contributed by atoms with Crippen LogP contribution in [0.4, 0.5) is 30.7 Å². The maximum atomic E-state index is 13.3. The van der Waals surface area contributed by atoms with Crippen LogP contribution in [0.15, 0.2) is 24.3 Å². The van der Waals surface area contributed by atoms with Gasteiger partial charge in [-0.15, -0.1) is 0 Å². The Balaban J connectivity index is 0.000000173. The van der Waals surface area contributed by atoms with Gasteiger partial charge in [-0.05, 0) is 258 Å². The van der Waals surface area contributed by atoms with Gasteiger partial charge < -0.3 is 22.3 Å². The van der Waals surface area contributed by atoms with E-state index in [2.05, 4.69) is 121 Å². The third kappa shape index (κ3) is 21.9. The van der Waals surface area contributed by atoms with E-state index in [1.165, 1.54) is 101 Å². The molecule has 17 atom stereocenters. The molecule has 97 heavy (non-hydrogen) atoms. The van der Waals surface area contributed by atoms with Crippen LogP contribution in [0.25, 0.3) is 0 Å². The van der Waals surface area contributed by atoms with Gasteiger partial charge in [-0.25, -0.2) is 30.7 Å². The summed E-state index contributed by atoms with van der Waals surface area (Å²) in [7, 11) is 0.